The molecule has 0 saturated carbocycles. The van der Waals surface area contributed by atoms with Crippen molar-refractivity contribution in [2.75, 3.05) is 0 Å². The zero-order valence-corrected chi connectivity index (χ0v) is 13.0. The Bertz CT molecular complexity index is 759. The van der Waals surface area contributed by atoms with Gasteiger partial charge in [-0.1, -0.05) is 15.9 Å². The molecule has 0 fully saturated rings. The number of thiophene rings is 1. The highest BCUT2D eigenvalue weighted by atomic mass is 79.9. The summed E-state index contributed by atoms with van der Waals surface area (Å²) in [7, 11) is 0. The number of nitrogens with zero attached hydrogens (tertiary/aromatic N) is 2. The van der Waals surface area contributed by atoms with Crippen molar-refractivity contribution in [2.45, 2.75) is 6.92 Å². The Morgan fingerprint density at radius 3 is 2.89 bits per heavy atom. The quantitative estimate of drug-likeness (QED) is 0.592. The van der Waals surface area contributed by atoms with E-state index in [2.05, 4.69) is 25.9 Å². The van der Waals surface area contributed by atoms with E-state index in [1.54, 1.807) is 0 Å². The van der Waals surface area contributed by atoms with Crippen molar-refractivity contribution in [3.63, 3.8) is 0 Å². The lowest BCUT2D eigenvalue weighted by Gasteiger charge is -2.09. The lowest BCUT2D eigenvalue weighted by atomic mass is 10.2. The number of halogens is 2. The molecule has 2 heterocycles. The summed E-state index contributed by atoms with van der Waals surface area (Å²) in [5.74, 6) is 1.24. The molecule has 0 aliphatic heterocycles. The molecule has 2 aromatic heterocycles. The third-order valence-electron chi connectivity index (χ3n) is 2.61. The van der Waals surface area contributed by atoms with Crippen LogP contribution in [0.4, 0.5) is 0 Å². The van der Waals surface area contributed by atoms with Crippen LogP contribution >= 0.6 is 38.9 Å². The molecule has 0 radical (unpaired) electrons. The standard InChI is InChI=1S/C13H8BrClN2OS/c1-7-6-8(14)2-3-10(7)18-11-9-4-5-19-12(9)17-13(15)16-11/h2-6H,1H3. The van der Waals surface area contributed by atoms with E-state index in [1.165, 1.54) is 11.3 Å². The zero-order chi connectivity index (χ0) is 13.4. The summed E-state index contributed by atoms with van der Waals surface area (Å²) in [5.41, 5.74) is 1.02. The molecule has 3 rings (SSSR count). The summed E-state index contributed by atoms with van der Waals surface area (Å²) in [6, 6.07) is 7.74. The highest BCUT2D eigenvalue weighted by molar-refractivity contribution is 9.10. The Balaban J connectivity index is 2.07. The third kappa shape index (κ3) is 2.59. The molecule has 0 bridgehead atoms. The van der Waals surface area contributed by atoms with Gasteiger partial charge < -0.3 is 4.74 Å². The van der Waals surface area contributed by atoms with Crippen molar-refractivity contribution in [1.29, 1.82) is 0 Å². The van der Waals surface area contributed by atoms with Crippen LogP contribution in [0.1, 0.15) is 5.56 Å². The van der Waals surface area contributed by atoms with E-state index in [4.69, 9.17) is 16.3 Å². The van der Waals surface area contributed by atoms with E-state index in [-0.39, 0.29) is 5.28 Å². The number of aryl methyl sites for hydroxylation is 1. The summed E-state index contributed by atoms with van der Waals surface area (Å²) in [4.78, 5) is 9.14. The molecule has 0 unspecified atom stereocenters. The first-order chi connectivity index (χ1) is 9.13. The SMILES string of the molecule is Cc1cc(Br)ccc1Oc1nc(Cl)nc2sccc12. The summed E-state index contributed by atoms with van der Waals surface area (Å²) >= 11 is 10.8. The van der Waals surface area contributed by atoms with Gasteiger partial charge in [0.15, 0.2) is 0 Å². The predicted molar refractivity (Wildman–Crippen MR) is 81.4 cm³/mol. The largest absolute Gasteiger partial charge is 0.438 e. The molecular weight excluding hydrogens is 348 g/mol. The van der Waals surface area contributed by atoms with Crippen molar-refractivity contribution in [3.05, 3.63) is 45.0 Å². The first-order valence-electron chi connectivity index (χ1n) is 5.48. The Morgan fingerprint density at radius 2 is 2.11 bits per heavy atom. The van der Waals surface area contributed by atoms with Crippen LogP contribution in [0.25, 0.3) is 10.2 Å². The van der Waals surface area contributed by atoms with E-state index < -0.39 is 0 Å². The average molecular weight is 356 g/mol. The maximum absolute atomic E-state index is 5.91. The van der Waals surface area contributed by atoms with E-state index in [1.807, 2.05) is 36.6 Å². The van der Waals surface area contributed by atoms with Gasteiger partial charge in [-0.2, -0.15) is 4.98 Å². The second kappa shape index (κ2) is 5.07. The minimum Gasteiger partial charge on any atom is -0.438 e. The smallest absolute Gasteiger partial charge is 0.232 e. The Hall–Kier alpha value is -1.17. The number of hydrogen-bond donors (Lipinski definition) is 0. The molecule has 0 N–H and O–H groups in total. The third-order valence-corrected chi connectivity index (χ3v) is 4.08. The number of benzene rings is 1. The van der Waals surface area contributed by atoms with Crippen molar-refractivity contribution < 1.29 is 4.74 Å². The molecule has 6 heteroatoms. The van der Waals surface area contributed by atoms with Crippen LogP contribution in [0.15, 0.2) is 34.1 Å². The molecule has 0 aliphatic rings. The maximum Gasteiger partial charge on any atom is 0.232 e. The van der Waals surface area contributed by atoms with Gasteiger partial charge in [0.05, 0.1) is 5.39 Å². The van der Waals surface area contributed by atoms with Crippen molar-refractivity contribution in [2.24, 2.45) is 0 Å². The molecule has 96 valence electrons. The monoisotopic (exact) mass is 354 g/mol. The molecule has 0 aliphatic carbocycles. The molecule has 0 spiro atoms. The fourth-order valence-electron chi connectivity index (χ4n) is 1.71. The van der Waals surface area contributed by atoms with Gasteiger partial charge in [0.25, 0.3) is 0 Å². The van der Waals surface area contributed by atoms with Crippen molar-refractivity contribution in [1.82, 2.24) is 9.97 Å². The van der Waals surface area contributed by atoms with Crippen LogP contribution in [-0.4, -0.2) is 9.97 Å². The zero-order valence-electron chi connectivity index (χ0n) is 9.85. The van der Waals surface area contributed by atoms with Crippen molar-refractivity contribution in [3.8, 4) is 11.6 Å². The van der Waals surface area contributed by atoms with Gasteiger partial charge in [-0.25, -0.2) is 4.98 Å². The molecule has 0 amide bonds. The van der Waals surface area contributed by atoms with Gasteiger partial charge in [0, 0.05) is 4.47 Å². The molecular formula is C13H8BrClN2OS. The van der Waals surface area contributed by atoms with Crippen molar-refractivity contribution >= 4 is 49.1 Å². The minimum atomic E-state index is 0.194. The van der Waals surface area contributed by atoms with Gasteiger partial charge in [0.2, 0.25) is 11.2 Å². The van der Waals surface area contributed by atoms with E-state index in [9.17, 15) is 0 Å². The van der Waals surface area contributed by atoms with E-state index in [0.29, 0.717) is 5.88 Å². The Morgan fingerprint density at radius 1 is 1.26 bits per heavy atom. The summed E-state index contributed by atoms with van der Waals surface area (Å²) in [6.07, 6.45) is 0. The highest BCUT2D eigenvalue weighted by Crippen LogP contribution is 2.33. The molecule has 0 atom stereocenters. The second-order valence-corrected chi connectivity index (χ2v) is 6.10. The van der Waals surface area contributed by atoms with Gasteiger partial charge in [-0.05, 0) is 53.7 Å². The molecule has 1 aromatic carbocycles. The average Bonchev–Trinajstić information content (AvgIpc) is 2.80. The molecule has 3 aromatic rings. The number of fused-ring (bicyclic) bond motifs is 1. The van der Waals surface area contributed by atoms with Crippen LogP contribution < -0.4 is 4.74 Å². The molecule has 3 nitrogen and oxygen atoms in total. The summed E-state index contributed by atoms with van der Waals surface area (Å²) < 4.78 is 6.88. The predicted octanol–water partition coefficient (Wildman–Crippen LogP) is 5.21. The fraction of sp³-hybridized carbons (Fsp3) is 0.0769. The van der Waals surface area contributed by atoms with Crippen LogP contribution in [0.3, 0.4) is 0 Å². The molecule has 19 heavy (non-hydrogen) atoms. The van der Waals surface area contributed by atoms with E-state index in [0.717, 1.165) is 26.0 Å². The Labute approximate surface area is 127 Å². The number of rotatable bonds is 2. The second-order valence-electron chi connectivity index (χ2n) is 3.95. The van der Waals surface area contributed by atoms with Crippen LogP contribution in [0.5, 0.6) is 11.6 Å². The van der Waals surface area contributed by atoms with Crippen LogP contribution in [0.2, 0.25) is 5.28 Å². The van der Waals surface area contributed by atoms with E-state index >= 15 is 0 Å². The van der Waals surface area contributed by atoms with Gasteiger partial charge in [-0.3, -0.25) is 0 Å². The number of ether oxygens (including phenoxy) is 1. The first kappa shape index (κ1) is 12.8. The minimum absolute atomic E-state index is 0.194. The topological polar surface area (TPSA) is 35.0 Å². The fourth-order valence-corrected chi connectivity index (χ4v) is 3.15. The number of aromatic nitrogens is 2. The first-order valence-corrected chi connectivity index (χ1v) is 7.53. The Kier molecular flexibility index (Phi) is 3.43. The maximum atomic E-state index is 5.91. The van der Waals surface area contributed by atoms with Gasteiger partial charge >= 0.3 is 0 Å². The highest BCUT2D eigenvalue weighted by Gasteiger charge is 2.11. The normalized spacial score (nSPS) is 10.9. The lowest BCUT2D eigenvalue weighted by Crippen LogP contribution is -1.93. The summed E-state index contributed by atoms with van der Waals surface area (Å²) in [5, 5.41) is 3.01. The molecule has 0 saturated heterocycles. The summed E-state index contributed by atoms with van der Waals surface area (Å²) in [6.45, 7) is 1.98. The lowest BCUT2D eigenvalue weighted by molar-refractivity contribution is 0.465. The van der Waals surface area contributed by atoms with Crippen LogP contribution in [0, 0.1) is 6.92 Å². The van der Waals surface area contributed by atoms with Gasteiger partial charge in [-0.15, -0.1) is 11.3 Å². The van der Waals surface area contributed by atoms with Crippen LogP contribution in [-0.2, 0) is 0 Å². The number of hydrogen-bond acceptors (Lipinski definition) is 4. The van der Waals surface area contributed by atoms with Gasteiger partial charge in [0.1, 0.15) is 10.6 Å².